The van der Waals surface area contributed by atoms with Crippen molar-refractivity contribution in [3.8, 4) is 11.5 Å². The van der Waals surface area contributed by atoms with Crippen molar-refractivity contribution in [1.29, 1.82) is 0 Å². The Morgan fingerprint density at radius 1 is 1.15 bits per heavy atom. The van der Waals surface area contributed by atoms with Crippen molar-refractivity contribution in [3.63, 3.8) is 0 Å². The summed E-state index contributed by atoms with van der Waals surface area (Å²) in [6, 6.07) is 4.76. The monoisotopic (exact) mass is 367 g/mol. The highest BCUT2D eigenvalue weighted by molar-refractivity contribution is 5.63. The number of benzene rings is 1. The Hall–Kier alpha value is -1.94. The molecule has 0 saturated heterocycles. The van der Waals surface area contributed by atoms with E-state index in [9.17, 15) is 0 Å². The molecule has 1 aromatic carbocycles. The van der Waals surface area contributed by atoms with E-state index in [1.54, 1.807) is 14.2 Å². The van der Waals surface area contributed by atoms with Crippen molar-refractivity contribution >= 4 is 0 Å². The van der Waals surface area contributed by atoms with Crippen LogP contribution in [0.25, 0.3) is 0 Å². The molecule has 1 fully saturated rings. The van der Waals surface area contributed by atoms with Gasteiger partial charge < -0.3 is 14.2 Å². The van der Waals surface area contributed by atoms with Gasteiger partial charge in [0, 0.05) is 18.2 Å². The van der Waals surface area contributed by atoms with Gasteiger partial charge in [-0.15, -0.1) is 0 Å². The topological polar surface area (TPSA) is 30.9 Å². The van der Waals surface area contributed by atoms with Crippen LogP contribution in [0.1, 0.15) is 43.2 Å². The van der Waals surface area contributed by atoms with Gasteiger partial charge in [-0.05, 0) is 55.0 Å². The van der Waals surface area contributed by atoms with Gasteiger partial charge >= 0.3 is 0 Å². The molecular weight excluding hydrogens is 338 g/mol. The van der Waals surface area contributed by atoms with Crippen molar-refractivity contribution < 1.29 is 14.2 Å². The van der Waals surface area contributed by atoms with Crippen LogP contribution < -0.4 is 9.47 Å². The van der Waals surface area contributed by atoms with Gasteiger partial charge in [0.05, 0.1) is 20.1 Å². The van der Waals surface area contributed by atoms with E-state index in [-0.39, 0.29) is 12.0 Å². The molecule has 3 atom stereocenters. The summed E-state index contributed by atoms with van der Waals surface area (Å²) in [6.07, 6.45) is 9.59. The summed E-state index contributed by atoms with van der Waals surface area (Å²) in [5, 5.41) is 0. The molecule has 0 aromatic heterocycles. The van der Waals surface area contributed by atoms with Crippen LogP contribution in [-0.4, -0.2) is 44.4 Å². The largest absolute Gasteiger partial charge is 0.497 e. The minimum absolute atomic E-state index is 0.0646. The molecule has 1 heterocycles. The van der Waals surface area contributed by atoms with E-state index in [4.69, 9.17) is 14.2 Å². The number of nitrogens with zero attached hydrogens (tertiary/aromatic N) is 1. The minimum atomic E-state index is -0.0646. The first-order chi connectivity index (χ1) is 13.2. The first-order valence-corrected chi connectivity index (χ1v) is 10.3. The van der Waals surface area contributed by atoms with Crippen molar-refractivity contribution in [1.82, 2.24) is 4.90 Å². The van der Waals surface area contributed by atoms with Crippen LogP contribution in [0, 0.1) is 5.92 Å². The summed E-state index contributed by atoms with van der Waals surface area (Å²) in [5.74, 6) is 3.79. The summed E-state index contributed by atoms with van der Waals surface area (Å²) >= 11 is 0. The van der Waals surface area contributed by atoms with E-state index in [1.165, 1.54) is 42.5 Å². The van der Waals surface area contributed by atoms with Crippen LogP contribution in [0.2, 0.25) is 0 Å². The summed E-state index contributed by atoms with van der Waals surface area (Å²) in [5.41, 5.74) is 4.22. The molecule has 4 nitrogen and oxygen atoms in total. The zero-order valence-corrected chi connectivity index (χ0v) is 16.5. The van der Waals surface area contributed by atoms with Gasteiger partial charge in [-0.3, -0.25) is 4.90 Å². The predicted molar refractivity (Wildman–Crippen MR) is 105 cm³/mol. The van der Waals surface area contributed by atoms with Crippen LogP contribution in [0.15, 0.2) is 35.6 Å². The third kappa shape index (κ3) is 2.53. The highest BCUT2D eigenvalue weighted by atomic mass is 16.6. The summed E-state index contributed by atoms with van der Waals surface area (Å²) in [4.78, 5) is 2.70. The van der Waals surface area contributed by atoms with Gasteiger partial charge in [0.2, 0.25) is 0 Å². The second kappa shape index (κ2) is 6.59. The fraction of sp³-hybridized carbons (Fsp3) is 0.565. The molecule has 0 radical (unpaired) electrons. The molecule has 4 heteroatoms. The van der Waals surface area contributed by atoms with Crippen molar-refractivity contribution in [2.24, 2.45) is 5.92 Å². The molecule has 1 saturated carbocycles. The summed E-state index contributed by atoms with van der Waals surface area (Å²) in [6.45, 7) is 4.61. The first-order valence-electron chi connectivity index (χ1n) is 10.3. The molecule has 144 valence electrons. The summed E-state index contributed by atoms with van der Waals surface area (Å²) in [7, 11) is 3.46. The average Bonchev–Trinajstić information content (AvgIpc) is 3.07. The molecular formula is C23H29NO3. The fourth-order valence-electron chi connectivity index (χ4n) is 5.36. The zero-order chi connectivity index (χ0) is 18.5. The number of allylic oxidation sites excluding steroid dienone is 2. The van der Waals surface area contributed by atoms with Gasteiger partial charge in [0.25, 0.3) is 0 Å². The Bertz CT molecular complexity index is 808. The molecule has 27 heavy (non-hydrogen) atoms. The molecule has 0 N–H and O–H groups in total. The third-order valence-electron chi connectivity index (χ3n) is 7.01. The fourth-order valence-corrected chi connectivity index (χ4v) is 5.36. The second-order valence-electron chi connectivity index (χ2n) is 8.23. The van der Waals surface area contributed by atoms with E-state index in [2.05, 4.69) is 36.1 Å². The number of likely N-dealkylation sites (N-methyl/N-ethyl adjacent to an activating group) is 1. The zero-order valence-electron chi connectivity index (χ0n) is 16.5. The maximum atomic E-state index is 6.43. The SMILES string of the molecule is CCN(CC1CCC1)[C@H]1Cc2ccc(OC)c3c2C2C1=CC=C(OC)[C@H]2O3. The number of methoxy groups -OCH3 is 2. The molecule has 0 amide bonds. The third-order valence-corrected chi connectivity index (χ3v) is 7.01. The molecule has 5 rings (SSSR count). The molecule has 0 spiro atoms. The highest BCUT2D eigenvalue weighted by Crippen LogP contribution is 2.56. The summed E-state index contributed by atoms with van der Waals surface area (Å²) < 4.78 is 17.7. The van der Waals surface area contributed by atoms with Crippen LogP contribution in [0.4, 0.5) is 0 Å². The van der Waals surface area contributed by atoms with Crippen LogP contribution in [0.3, 0.4) is 0 Å². The van der Waals surface area contributed by atoms with Gasteiger partial charge in [-0.2, -0.15) is 0 Å². The molecule has 1 unspecified atom stereocenters. The Labute approximate surface area is 161 Å². The highest BCUT2D eigenvalue weighted by Gasteiger charge is 2.49. The lowest BCUT2D eigenvalue weighted by molar-refractivity contribution is 0.125. The normalized spacial score (nSPS) is 28.1. The Balaban J connectivity index is 1.58. The molecule has 3 aliphatic carbocycles. The van der Waals surface area contributed by atoms with Gasteiger partial charge in [-0.1, -0.05) is 25.5 Å². The smallest absolute Gasteiger partial charge is 0.166 e. The van der Waals surface area contributed by atoms with E-state index in [0.717, 1.165) is 36.1 Å². The lowest BCUT2D eigenvalue weighted by Crippen LogP contribution is -2.47. The lowest BCUT2D eigenvalue weighted by atomic mass is 9.71. The number of hydrogen-bond acceptors (Lipinski definition) is 4. The van der Waals surface area contributed by atoms with E-state index < -0.39 is 0 Å². The quantitative estimate of drug-likeness (QED) is 0.759. The van der Waals surface area contributed by atoms with E-state index in [0.29, 0.717) is 6.04 Å². The van der Waals surface area contributed by atoms with Crippen LogP contribution in [0.5, 0.6) is 11.5 Å². The first kappa shape index (κ1) is 17.2. The van der Waals surface area contributed by atoms with Crippen LogP contribution in [-0.2, 0) is 11.2 Å². The maximum Gasteiger partial charge on any atom is 0.166 e. The number of hydrogen-bond donors (Lipinski definition) is 0. The van der Waals surface area contributed by atoms with Gasteiger partial charge in [0.1, 0.15) is 5.76 Å². The molecule has 0 bridgehead atoms. The van der Waals surface area contributed by atoms with Crippen LogP contribution >= 0.6 is 0 Å². The predicted octanol–water partition coefficient (Wildman–Crippen LogP) is 4.06. The van der Waals surface area contributed by atoms with E-state index >= 15 is 0 Å². The van der Waals surface area contributed by atoms with Crippen molar-refractivity contribution in [2.75, 3.05) is 27.3 Å². The Kier molecular flexibility index (Phi) is 4.19. The van der Waals surface area contributed by atoms with Crippen molar-refractivity contribution in [3.05, 3.63) is 46.7 Å². The lowest BCUT2D eigenvalue weighted by Gasteiger charge is -2.43. The average molecular weight is 367 g/mol. The Morgan fingerprint density at radius 3 is 2.67 bits per heavy atom. The number of rotatable bonds is 6. The Morgan fingerprint density at radius 2 is 2.00 bits per heavy atom. The molecule has 1 aromatic rings. The van der Waals surface area contributed by atoms with Crippen molar-refractivity contribution in [2.45, 2.75) is 50.7 Å². The molecule has 4 aliphatic rings. The van der Waals surface area contributed by atoms with Gasteiger partial charge in [0.15, 0.2) is 17.6 Å². The molecule has 1 aliphatic heterocycles. The minimum Gasteiger partial charge on any atom is -0.497 e. The van der Waals surface area contributed by atoms with Gasteiger partial charge in [-0.25, -0.2) is 0 Å². The van der Waals surface area contributed by atoms with E-state index in [1.807, 2.05) is 0 Å². The maximum absolute atomic E-state index is 6.43. The second-order valence-corrected chi connectivity index (χ2v) is 8.23. The number of ether oxygens (including phenoxy) is 3. The standard InChI is InChI=1S/C23H29NO3/c1-4-24(13-14-6-5-7-14)17-12-15-8-10-18(25-2)22-20(15)21-16(17)9-11-19(26-3)23(21)27-22/h8-11,14,17,21,23H,4-7,12-13H2,1-3H3/t17-,21?,23+/m0/s1.